The molecule has 0 aromatic carbocycles. The largest absolute Gasteiger partial charge is 0.481 e. The maximum atomic E-state index is 12.2. The van der Waals surface area contributed by atoms with Crippen LogP contribution in [0.3, 0.4) is 0 Å². The third-order valence-corrected chi connectivity index (χ3v) is 6.93. The molecule has 0 aromatic rings. The molecular weight excluding hydrogens is 588 g/mol. The fourth-order valence-corrected chi connectivity index (χ4v) is 4.34. The molecule has 7 N–H and O–H groups in total. The van der Waals surface area contributed by atoms with Crippen LogP contribution in [-0.2, 0) is 38.2 Å². The summed E-state index contributed by atoms with van der Waals surface area (Å²) in [6.07, 6.45) is 13.7. The molecule has 0 aromatic heterocycles. The Kier molecular flexibility index (Phi) is 27.6. The predicted octanol–water partition coefficient (Wildman–Crippen LogP) is 1.97. The summed E-state index contributed by atoms with van der Waals surface area (Å²) >= 11 is 0. The van der Waals surface area contributed by atoms with Crippen LogP contribution in [0, 0.1) is 0 Å². The van der Waals surface area contributed by atoms with E-state index in [2.05, 4.69) is 16.0 Å². The molecule has 14 nitrogen and oxygen atoms in total. The second kappa shape index (κ2) is 29.6. The monoisotopic (exact) mass is 643 g/mol. The number of hydrogen-bond donors (Lipinski definition) is 6. The molecule has 0 aliphatic heterocycles. The molecule has 0 unspecified atom stereocenters. The fourth-order valence-electron chi connectivity index (χ4n) is 4.34. The lowest BCUT2D eigenvalue weighted by molar-refractivity contribution is -0.142. The summed E-state index contributed by atoms with van der Waals surface area (Å²) in [5, 5.41) is 25.9. The smallest absolute Gasteiger partial charge is 0.326 e. The van der Waals surface area contributed by atoms with Gasteiger partial charge < -0.3 is 41.4 Å². The third-order valence-electron chi connectivity index (χ3n) is 6.93. The van der Waals surface area contributed by atoms with Crippen molar-refractivity contribution in [3.63, 3.8) is 0 Å². The number of rotatable bonds is 32. The van der Waals surface area contributed by atoms with Crippen molar-refractivity contribution < 1.29 is 48.5 Å². The van der Waals surface area contributed by atoms with Gasteiger partial charge in [0, 0.05) is 32.4 Å². The Hall–Kier alpha value is -3.10. The molecule has 0 aliphatic rings. The molecule has 14 heteroatoms. The van der Waals surface area contributed by atoms with Crippen LogP contribution in [0.15, 0.2) is 0 Å². The van der Waals surface area contributed by atoms with Gasteiger partial charge >= 0.3 is 11.9 Å². The lowest BCUT2D eigenvalue weighted by Gasteiger charge is -2.14. The molecule has 259 valence electrons. The Labute approximate surface area is 266 Å². The van der Waals surface area contributed by atoms with Crippen LogP contribution in [0.25, 0.3) is 0 Å². The number of hydrogen-bond acceptors (Lipinski definition) is 9. The minimum absolute atomic E-state index is 0.0230. The first-order valence-electron chi connectivity index (χ1n) is 16.2. The zero-order chi connectivity index (χ0) is 33.5. The number of nitrogens with one attached hydrogen (secondary N) is 3. The van der Waals surface area contributed by atoms with E-state index < -0.39 is 24.0 Å². The Morgan fingerprint density at radius 2 is 1.20 bits per heavy atom. The van der Waals surface area contributed by atoms with Gasteiger partial charge in [-0.25, -0.2) is 4.79 Å². The number of nitrogens with two attached hydrogens (primary N) is 1. The van der Waals surface area contributed by atoms with Crippen LogP contribution in [0.5, 0.6) is 0 Å². The van der Waals surface area contributed by atoms with Gasteiger partial charge in [0.1, 0.15) is 12.6 Å². The molecule has 3 amide bonds. The summed E-state index contributed by atoms with van der Waals surface area (Å²) in [7, 11) is 0. The topological polar surface area (TPSA) is 223 Å². The first-order chi connectivity index (χ1) is 21.6. The molecule has 0 saturated carbocycles. The van der Waals surface area contributed by atoms with Crippen molar-refractivity contribution in [2.75, 3.05) is 39.5 Å². The molecule has 1 radical (unpaired) electrons. The predicted molar refractivity (Wildman–Crippen MR) is 167 cm³/mol. The fraction of sp³-hybridized carbons (Fsp3) is 0.806. The van der Waals surface area contributed by atoms with Crippen molar-refractivity contribution in [3.8, 4) is 0 Å². The van der Waals surface area contributed by atoms with Gasteiger partial charge in [0.15, 0.2) is 0 Å². The van der Waals surface area contributed by atoms with Gasteiger partial charge in [0.25, 0.3) is 0 Å². The van der Waals surface area contributed by atoms with Crippen LogP contribution < -0.4 is 21.7 Å². The van der Waals surface area contributed by atoms with E-state index in [1.54, 1.807) is 6.29 Å². The van der Waals surface area contributed by atoms with Gasteiger partial charge in [0.05, 0.1) is 25.9 Å². The quantitative estimate of drug-likeness (QED) is 0.0581. The first kappa shape index (κ1) is 41.9. The molecule has 0 saturated heterocycles. The van der Waals surface area contributed by atoms with E-state index in [1.165, 1.54) is 0 Å². The second-order valence-electron chi connectivity index (χ2n) is 11.0. The average Bonchev–Trinajstić information content (AvgIpc) is 3.00. The van der Waals surface area contributed by atoms with Gasteiger partial charge in [-0.05, 0) is 38.5 Å². The minimum atomic E-state index is -1.19. The highest BCUT2D eigenvalue weighted by atomic mass is 16.5. The van der Waals surface area contributed by atoms with E-state index in [0.29, 0.717) is 32.2 Å². The summed E-state index contributed by atoms with van der Waals surface area (Å²) in [6.45, 7) is 1.23. The lowest BCUT2D eigenvalue weighted by Crippen LogP contribution is -2.41. The highest BCUT2D eigenvalue weighted by Gasteiger charge is 2.20. The maximum Gasteiger partial charge on any atom is 0.326 e. The molecule has 0 fully saturated rings. The third kappa shape index (κ3) is 29.4. The number of amides is 3. The molecule has 45 heavy (non-hydrogen) atoms. The normalized spacial score (nSPS) is 12.2. The first-order valence-corrected chi connectivity index (χ1v) is 16.2. The van der Waals surface area contributed by atoms with Gasteiger partial charge in [0.2, 0.25) is 24.0 Å². The lowest BCUT2D eigenvalue weighted by atomic mass is 10.0. The van der Waals surface area contributed by atoms with E-state index in [9.17, 15) is 33.9 Å². The van der Waals surface area contributed by atoms with Gasteiger partial charge in [-0.2, -0.15) is 0 Å². The average molecular weight is 644 g/mol. The Morgan fingerprint density at radius 3 is 1.80 bits per heavy atom. The van der Waals surface area contributed by atoms with Gasteiger partial charge in [-0.1, -0.05) is 51.4 Å². The molecule has 0 bridgehead atoms. The Bertz CT molecular complexity index is 843. The van der Waals surface area contributed by atoms with Crippen molar-refractivity contribution in [1.82, 2.24) is 16.0 Å². The second-order valence-corrected chi connectivity index (χ2v) is 11.0. The minimum Gasteiger partial charge on any atom is -0.481 e. The summed E-state index contributed by atoms with van der Waals surface area (Å²) in [5.74, 6) is -2.88. The number of carbonyl (C=O) groups is 5. The number of carbonyl (C=O) groups excluding carboxylic acids is 4. The standard InChI is InChI=1S/C31H55N4O10/c32-25(23-36)13-11-12-18-33-29(39)24-45-22-21-44-20-19-34-27(37)17-16-26(31(42)43)35-28(38)14-9-7-5-3-1-2-4-6-8-10-15-30(40)41/h25-26H,1-22,24,32H2,(H,33,39)(H,34,37)(H,35,38)(H,40,41)(H,42,43)/t25-,26-/m0/s1. The SMILES string of the molecule is N[C@H]([C]=O)CCCCNC(=O)COCCOCCNC(=O)CC[C@H](NC(=O)CCCCCCCCCCCCC(=O)O)C(=O)O. The van der Waals surface area contributed by atoms with E-state index >= 15 is 0 Å². The number of ether oxygens (including phenoxy) is 2. The van der Waals surface area contributed by atoms with Crippen molar-refractivity contribution >= 4 is 35.9 Å². The van der Waals surface area contributed by atoms with Crippen molar-refractivity contribution in [2.45, 2.75) is 121 Å². The summed E-state index contributed by atoms with van der Waals surface area (Å²) in [5.41, 5.74) is 5.44. The van der Waals surface area contributed by atoms with Crippen LogP contribution in [0.2, 0.25) is 0 Å². The summed E-state index contributed by atoms with van der Waals surface area (Å²) < 4.78 is 10.6. The number of aliphatic carboxylic acids is 2. The Balaban J connectivity index is 3.73. The molecule has 0 aliphatic carbocycles. The van der Waals surface area contributed by atoms with Crippen molar-refractivity contribution in [2.24, 2.45) is 5.73 Å². The highest BCUT2D eigenvalue weighted by Crippen LogP contribution is 2.12. The number of carboxylic acid groups (broad SMARTS) is 2. The zero-order valence-electron chi connectivity index (χ0n) is 26.7. The van der Waals surface area contributed by atoms with E-state index in [-0.39, 0.29) is 76.4 Å². The van der Waals surface area contributed by atoms with Gasteiger partial charge in [-0.15, -0.1) is 0 Å². The maximum absolute atomic E-state index is 12.2. The highest BCUT2D eigenvalue weighted by molar-refractivity contribution is 5.84. The van der Waals surface area contributed by atoms with E-state index in [4.69, 9.17) is 20.3 Å². The molecule has 0 rings (SSSR count). The molecular formula is C31H55N4O10. The number of carboxylic acids is 2. The van der Waals surface area contributed by atoms with E-state index in [0.717, 1.165) is 57.8 Å². The van der Waals surface area contributed by atoms with E-state index in [1.807, 2.05) is 0 Å². The summed E-state index contributed by atoms with van der Waals surface area (Å²) in [6, 6.07) is -1.72. The van der Waals surface area contributed by atoms with Crippen molar-refractivity contribution in [3.05, 3.63) is 0 Å². The van der Waals surface area contributed by atoms with Crippen LogP contribution in [-0.4, -0.2) is 97.8 Å². The van der Waals surface area contributed by atoms with Crippen molar-refractivity contribution in [1.29, 1.82) is 0 Å². The number of unbranched alkanes of at least 4 members (excludes halogenated alkanes) is 10. The summed E-state index contributed by atoms with van der Waals surface area (Å²) in [4.78, 5) is 68.2. The Morgan fingerprint density at radius 1 is 0.622 bits per heavy atom. The van der Waals surface area contributed by atoms with Crippen LogP contribution in [0.1, 0.15) is 109 Å². The molecule has 0 heterocycles. The zero-order valence-corrected chi connectivity index (χ0v) is 26.7. The van der Waals surface area contributed by atoms with Crippen LogP contribution >= 0.6 is 0 Å². The molecule has 2 atom stereocenters. The van der Waals surface area contributed by atoms with Crippen LogP contribution in [0.4, 0.5) is 0 Å². The molecule has 0 spiro atoms. The van der Waals surface area contributed by atoms with Gasteiger partial charge in [-0.3, -0.25) is 24.0 Å².